The van der Waals surface area contributed by atoms with Gasteiger partial charge in [0.15, 0.2) is 0 Å². The van der Waals surface area contributed by atoms with Gasteiger partial charge in [0.05, 0.1) is 6.10 Å². The van der Waals surface area contributed by atoms with Crippen LogP contribution in [-0.2, 0) is 6.42 Å². The lowest BCUT2D eigenvalue weighted by Gasteiger charge is -2.09. The van der Waals surface area contributed by atoms with Crippen molar-refractivity contribution in [3.8, 4) is 0 Å². The summed E-state index contributed by atoms with van der Waals surface area (Å²) in [5, 5.41) is 9.60. The molecule has 13 heavy (non-hydrogen) atoms. The lowest BCUT2D eigenvalue weighted by molar-refractivity contribution is 0.215. The molecule has 1 aromatic rings. The van der Waals surface area contributed by atoms with Gasteiger partial charge < -0.3 is 5.11 Å². The topological polar surface area (TPSA) is 20.2 Å². The van der Waals surface area contributed by atoms with E-state index in [0.29, 0.717) is 12.0 Å². The maximum atomic E-state index is 9.60. The van der Waals surface area contributed by atoms with Crippen LogP contribution < -0.4 is 0 Å². The maximum Gasteiger partial charge on any atom is 0.0824 e. The van der Waals surface area contributed by atoms with Gasteiger partial charge in [-0.25, -0.2) is 0 Å². The molecule has 1 atom stereocenters. The van der Waals surface area contributed by atoms with Crippen LogP contribution in [0.15, 0.2) is 55.1 Å². The Morgan fingerprint density at radius 1 is 1.38 bits per heavy atom. The molecule has 0 amide bonds. The molecular weight excluding hydrogens is 160 g/mol. The Morgan fingerprint density at radius 2 is 2.00 bits per heavy atom. The highest BCUT2D eigenvalue weighted by Gasteiger charge is 2.05. The third kappa shape index (κ3) is 2.88. The summed E-state index contributed by atoms with van der Waals surface area (Å²) in [6.45, 7) is 7.26. The van der Waals surface area contributed by atoms with Gasteiger partial charge in [-0.3, -0.25) is 0 Å². The Bertz CT molecular complexity index is 287. The summed E-state index contributed by atoms with van der Waals surface area (Å²) in [4.78, 5) is 0. The molecule has 0 aliphatic heterocycles. The molecule has 1 heteroatoms. The zero-order valence-electron chi connectivity index (χ0n) is 7.61. The number of aliphatic hydroxyl groups excluding tert-OH is 1. The van der Waals surface area contributed by atoms with E-state index in [-0.39, 0.29) is 0 Å². The van der Waals surface area contributed by atoms with Crippen LogP contribution in [0.1, 0.15) is 5.56 Å². The summed E-state index contributed by atoms with van der Waals surface area (Å²) in [6.07, 6.45) is 1.68. The van der Waals surface area contributed by atoms with Crippen molar-refractivity contribution in [2.45, 2.75) is 12.5 Å². The molecule has 0 fully saturated rings. The first-order chi connectivity index (χ1) is 6.24. The molecule has 0 heterocycles. The van der Waals surface area contributed by atoms with Gasteiger partial charge in [0.1, 0.15) is 0 Å². The van der Waals surface area contributed by atoms with Crippen LogP contribution in [0.2, 0.25) is 0 Å². The Hall–Kier alpha value is -1.34. The summed E-state index contributed by atoms with van der Waals surface area (Å²) in [7, 11) is 0. The second-order valence-electron chi connectivity index (χ2n) is 2.98. The monoisotopic (exact) mass is 174 g/mol. The quantitative estimate of drug-likeness (QED) is 0.694. The molecule has 0 saturated heterocycles. The second-order valence-corrected chi connectivity index (χ2v) is 2.98. The van der Waals surface area contributed by atoms with Crippen molar-refractivity contribution in [1.29, 1.82) is 0 Å². The zero-order valence-corrected chi connectivity index (χ0v) is 7.61. The van der Waals surface area contributed by atoms with Crippen LogP contribution >= 0.6 is 0 Å². The highest BCUT2D eigenvalue weighted by Crippen LogP contribution is 2.08. The van der Waals surface area contributed by atoms with Crippen molar-refractivity contribution in [1.82, 2.24) is 0 Å². The lowest BCUT2D eigenvalue weighted by Crippen LogP contribution is -2.11. The van der Waals surface area contributed by atoms with Crippen LogP contribution in [0.5, 0.6) is 0 Å². The average molecular weight is 174 g/mol. The summed E-state index contributed by atoms with van der Waals surface area (Å²) in [6, 6.07) is 9.84. The van der Waals surface area contributed by atoms with E-state index in [1.165, 1.54) is 0 Å². The number of hydrogen-bond acceptors (Lipinski definition) is 1. The third-order valence-corrected chi connectivity index (χ3v) is 1.96. The van der Waals surface area contributed by atoms with Crippen molar-refractivity contribution >= 4 is 0 Å². The SMILES string of the molecule is C=CC(=C)C(O)Cc1ccccc1. The maximum absolute atomic E-state index is 9.60. The van der Waals surface area contributed by atoms with Crippen LogP contribution in [-0.4, -0.2) is 11.2 Å². The van der Waals surface area contributed by atoms with Crippen molar-refractivity contribution < 1.29 is 5.11 Å². The van der Waals surface area contributed by atoms with Gasteiger partial charge in [0.2, 0.25) is 0 Å². The molecule has 1 N–H and O–H groups in total. The summed E-state index contributed by atoms with van der Waals surface area (Å²) in [5.41, 5.74) is 1.78. The van der Waals surface area contributed by atoms with Gasteiger partial charge in [-0.05, 0) is 11.1 Å². The molecule has 1 nitrogen and oxygen atoms in total. The first-order valence-electron chi connectivity index (χ1n) is 4.27. The van der Waals surface area contributed by atoms with Crippen molar-refractivity contribution in [3.63, 3.8) is 0 Å². The average Bonchev–Trinajstić information content (AvgIpc) is 2.18. The molecule has 0 radical (unpaired) electrons. The van der Waals surface area contributed by atoms with E-state index >= 15 is 0 Å². The molecule has 0 aliphatic rings. The molecular formula is C12H14O. The zero-order chi connectivity index (χ0) is 9.68. The van der Waals surface area contributed by atoms with Crippen molar-refractivity contribution in [3.05, 3.63) is 60.7 Å². The Balaban J connectivity index is 2.60. The normalized spacial score (nSPS) is 12.1. The molecule has 0 saturated carbocycles. The van der Waals surface area contributed by atoms with Gasteiger partial charge >= 0.3 is 0 Å². The highest BCUT2D eigenvalue weighted by molar-refractivity contribution is 5.22. The predicted octanol–water partition coefficient (Wildman–Crippen LogP) is 2.33. The summed E-state index contributed by atoms with van der Waals surface area (Å²) in [5.74, 6) is 0. The number of hydrogen-bond donors (Lipinski definition) is 1. The van der Waals surface area contributed by atoms with E-state index in [1.54, 1.807) is 6.08 Å². The van der Waals surface area contributed by atoms with Gasteiger partial charge in [-0.15, -0.1) is 0 Å². The Morgan fingerprint density at radius 3 is 2.54 bits per heavy atom. The smallest absolute Gasteiger partial charge is 0.0824 e. The van der Waals surface area contributed by atoms with E-state index in [0.717, 1.165) is 5.56 Å². The molecule has 1 rings (SSSR count). The fraction of sp³-hybridized carbons (Fsp3) is 0.167. The van der Waals surface area contributed by atoms with E-state index in [2.05, 4.69) is 13.2 Å². The van der Waals surface area contributed by atoms with Gasteiger partial charge in [-0.1, -0.05) is 49.6 Å². The van der Waals surface area contributed by atoms with Gasteiger partial charge in [0.25, 0.3) is 0 Å². The standard InChI is InChI=1S/C12H14O/c1-3-10(2)12(13)9-11-7-5-4-6-8-11/h3-8,12-13H,1-2,9H2. The number of rotatable bonds is 4. The minimum atomic E-state index is -0.514. The van der Waals surface area contributed by atoms with Crippen molar-refractivity contribution in [2.75, 3.05) is 0 Å². The highest BCUT2D eigenvalue weighted by atomic mass is 16.3. The molecule has 0 aromatic heterocycles. The molecule has 0 bridgehead atoms. The van der Waals surface area contributed by atoms with Crippen LogP contribution in [0, 0.1) is 0 Å². The molecule has 68 valence electrons. The number of benzene rings is 1. The van der Waals surface area contributed by atoms with Crippen LogP contribution in [0.3, 0.4) is 0 Å². The van der Waals surface area contributed by atoms with E-state index in [9.17, 15) is 5.11 Å². The Labute approximate surface area is 79.0 Å². The van der Waals surface area contributed by atoms with Crippen LogP contribution in [0.4, 0.5) is 0 Å². The van der Waals surface area contributed by atoms with E-state index < -0.39 is 6.10 Å². The van der Waals surface area contributed by atoms with E-state index in [4.69, 9.17) is 0 Å². The summed E-state index contributed by atoms with van der Waals surface area (Å²) >= 11 is 0. The largest absolute Gasteiger partial charge is 0.388 e. The predicted molar refractivity (Wildman–Crippen MR) is 55.5 cm³/mol. The summed E-state index contributed by atoms with van der Waals surface area (Å²) < 4.78 is 0. The molecule has 0 aliphatic carbocycles. The third-order valence-electron chi connectivity index (χ3n) is 1.96. The van der Waals surface area contributed by atoms with Crippen molar-refractivity contribution in [2.24, 2.45) is 0 Å². The fourth-order valence-electron chi connectivity index (χ4n) is 1.10. The molecule has 1 unspecified atom stereocenters. The van der Waals surface area contributed by atoms with Crippen LogP contribution in [0.25, 0.3) is 0 Å². The minimum Gasteiger partial charge on any atom is -0.388 e. The molecule has 1 aromatic carbocycles. The van der Waals surface area contributed by atoms with Gasteiger partial charge in [-0.2, -0.15) is 0 Å². The lowest BCUT2D eigenvalue weighted by atomic mass is 10.0. The Kier molecular flexibility index (Phi) is 3.47. The van der Waals surface area contributed by atoms with E-state index in [1.807, 2.05) is 30.3 Å². The first-order valence-corrected chi connectivity index (χ1v) is 4.27. The fourth-order valence-corrected chi connectivity index (χ4v) is 1.10. The second kappa shape index (κ2) is 4.63. The minimum absolute atomic E-state index is 0.514. The van der Waals surface area contributed by atoms with Gasteiger partial charge in [0, 0.05) is 6.42 Å². The number of aliphatic hydroxyl groups is 1. The first kappa shape index (κ1) is 9.75. The molecule has 0 spiro atoms.